The van der Waals surface area contributed by atoms with Gasteiger partial charge in [-0.3, -0.25) is 0 Å². The predicted molar refractivity (Wildman–Crippen MR) is 144 cm³/mol. The molecule has 0 unspecified atom stereocenters. The molecular weight excluding hydrogens is 408 g/mol. The average molecular weight is 469 g/mol. The molecule has 0 aromatic heterocycles. The molecule has 0 atom stereocenters. The van der Waals surface area contributed by atoms with E-state index in [2.05, 4.69) is 11.8 Å². The number of unbranched alkanes of at least 4 members (excludes halogenated alkanes) is 26. The maximum Gasteiger partial charge on any atom is 0.342 e. The fraction of sp³-hybridized carbons (Fsp3) is 0.967. The molecule has 0 radical (unpaired) electrons. The summed E-state index contributed by atoms with van der Waals surface area (Å²) in [6.07, 6.45) is 37.7. The van der Waals surface area contributed by atoms with E-state index in [1.165, 1.54) is 161 Å². The molecular formula is C30H60O3. The maximum atomic E-state index is 10.8. The Balaban J connectivity index is 3.02. The van der Waals surface area contributed by atoms with Crippen LogP contribution in [0, 0.1) is 0 Å². The lowest BCUT2D eigenvalue weighted by molar-refractivity contribution is -0.234. The Kier molecular flexibility index (Phi) is 29.0. The van der Waals surface area contributed by atoms with E-state index in [1.54, 1.807) is 0 Å². The highest BCUT2D eigenvalue weighted by Crippen LogP contribution is 2.16. The van der Waals surface area contributed by atoms with Gasteiger partial charge in [0.2, 0.25) is 0 Å². The van der Waals surface area contributed by atoms with Crippen LogP contribution in [0.5, 0.6) is 0 Å². The molecule has 1 N–H and O–H groups in total. The lowest BCUT2D eigenvalue weighted by Gasteiger charge is -2.04. The molecule has 0 amide bonds. The standard InChI is InChI=1S/C30H60O3/c1-2-3-4-5-6-7-8-9-10-11-12-13-14-15-16-17-18-19-20-21-22-23-24-25-26-27-28-29-30(31)33-32/h32H,2-29H2,1H3. The first kappa shape index (κ1) is 32.4. The molecule has 0 saturated heterocycles. The highest BCUT2D eigenvalue weighted by Gasteiger charge is 2.01. The smallest absolute Gasteiger partial charge is 0.301 e. The average Bonchev–Trinajstić information content (AvgIpc) is 2.83. The molecule has 0 rings (SSSR count). The summed E-state index contributed by atoms with van der Waals surface area (Å²) < 4.78 is 0. The van der Waals surface area contributed by atoms with E-state index in [0.29, 0.717) is 6.42 Å². The Hall–Kier alpha value is -0.570. The number of hydrogen-bond donors (Lipinski definition) is 1. The summed E-state index contributed by atoms with van der Waals surface area (Å²) in [7, 11) is 0. The summed E-state index contributed by atoms with van der Waals surface area (Å²) >= 11 is 0. The van der Waals surface area contributed by atoms with Crippen molar-refractivity contribution in [3.8, 4) is 0 Å². The third-order valence-corrected chi connectivity index (χ3v) is 7.09. The van der Waals surface area contributed by atoms with Gasteiger partial charge in [-0.15, -0.1) is 0 Å². The molecule has 33 heavy (non-hydrogen) atoms. The molecule has 0 aliphatic heterocycles. The minimum atomic E-state index is -0.505. The Bertz CT molecular complexity index is 370. The van der Waals surface area contributed by atoms with Crippen molar-refractivity contribution in [2.45, 2.75) is 187 Å². The van der Waals surface area contributed by atoms with Crippen LogP contribution >= 0.6 is 0 Å². The minimum Gasteiger partial charge on any atom is -0.301 e. The molecule has 0 saturated carbocycles. The normalized spacial score (nSPS) is 11.2. The third-order valence-electron chi connectivity index (χ3n) is 7.09. The number of rotatable bonds is 28. The van der Waals surface area contributed by atoms with Crippen molar-refractivity contribution in [2.24, 2.45) is 0 Å². The SMILES string of the molecule is CCCCCCCCCCCCCCCCCCCCCCCCCCCCCC(=O)OO. The van der Waals surface area contributed by atoms with Gasteiger partial charge in [-0.2, -0.15) is 5.26 Å². The van der Waals surface area contributed by atoms with E-state index in [4.69, 9.17) is 5.26 Å². The number of carbonyl (C=O) groups excluding carboxylic acids is 1. The van der Waals surface area contributed by atoms with Crippen LogP contribution in [0.3, 0.4) is 0 Å². The van der Waals surface area contributed by atoms with Crippen LogP contribution < -0.4 is 0 Å². The summed E-state index contributed by atoms with van der Waals surface area (Å²) in [5, 5.41) is 8.18. The lowest BCUT2D eigenvalue weighted by atomic mass is 10.0. The van der Waals surface area contributed by atoms with E-state index in [0.717, 1.165) is 12.8 Å². The van der Waals surface area contributed by atoms with Gasteiger partial charge in [0.05, 0.1) is 0 Å². The fourth-order valence-corrected chi connectivity index (χ4v) is 4.81. The van der Waals surface area contributed by atoms with E-state index in [1.807, 2.05) is 0 Å². The fourth-order valence-electron chi connectivity index (χ4n) is 4.81. The second-order valence-corrected chi connectivity index (χ2v) is 10.4. The third kappa shape index (κ3) is 29.4. The van der Waals surface area contributed by atoms with E-state index < -0.39 is 5.97 Å². The predicted octanol–water partition coefficient (Wildman–Crippen LogP) is 10.9. The zero-order valence-corrected chi connectivity index (χ0v) is 22.6. The van der Waals surface area contributed by atoms with Crippen LogP contribution in [0.25, 0.3) is 0 Å². The summed E-state index contributed by atoms with van der Waals surface area (Å²) in [6.45, 7) is 2.30. The van der Waals surface area contributed by atoms with Crippen molar-refractivity contribution in [1.29, 1.82) is 0 Å². The molecule has 198 valence electrons. The topological polar surface area (TPSA) is 46.5 Å². The molecule has 0 bridgehead atoms. The van der Waals surface area contributed by atoms with Crippen LogP contribution in [0.4, 0.5) is 0 Å². The van der Waals surface area contributed by atoms with Crippen molar-refractivity contribution < 1.29 is 14.9 Å². The van der Waals surface area contributed by atoms with Crippen LogP contribution in [0.15, 0.2) is 0 Å². The van der Waals surface area contributed by atoms with Gasteiger partial charge in [0.1, 0.15) is 0 Å². The molecule has 0 heterocycles. The van der Waals surface area contributed by atoms with Gasteiger partial charge in [-0.25, -0.2) is 4.79 Å². The van der Waals surface area contributed by atoms with E-state index >= 15 is 0 Å². The Morgan fingerprint density at radius 2 is 0.636 bits per heavy atom. The Labute approximate surface area is 207 Å². The molecule has 0 aromatic carbocycles. The maximum absolute atomic E-state index is 10.8. The van der Waals surface area contributed by atoms with Crippen LogP contribution in [-0.2, 0) is 9.68 Å². The van der Waals surface area contributed by atoms with Gasteiger partial charge in [0.25, 0.3) is 0 Å². The Morgan fingerprint density at radius 3 is 0.848 bits per heavy atom. The van der Waals surface area contributed by atoms with Crippen LogP contribution in [0.2, 0.25) is 0 Å². The van der Waals surface area contributed by atoms with Gasteiger partial charge < -0.3 is 4.89 Å². The molecule has 3 nitrogen and oxygen atoms in total. The zero-order valence-electron chi connectivity index (χ0n) is 22.6. The molecule has 0 aromatic rings. The quantitative estimate of drug-likeness (QED) is 0.0705. The van der Waals surface area contributed by atoms with Crippen molar-refractivity contribution >= 4 is 5.97 Å². The summed E-state index contributed by atoms with van der Waals surface area (Å²) in [6, 6.07) is 0. The van der Waals surface area contributed by atoms with Crippen molar-refractivity contribution in [1.82, 2.24) is 0 Å². The first-order valence-electron chi connectivity index (χ1n) is 15.2. The summed E-state index contributed by atoms with van der Waals surface area (Å²) in [4.78, 5) is 14.5. The molecule has 0 spiro atoms. The van der Waals surface area contributed by atoms with Crippen molar-refractivity contribution in [3.05, 3.63) is 0 Å². The second kappa shape index (κ2) is 29.5. The Morgan fingerprint density at radius 1 is 0.424 bits per heavy atom. The highest BCUT2D eigenvalue weighted by atomic mass is 17.1. The van der Waals surface area contributed by atoms with Gasteiger partial charge in [0.15, 0.2) is 0 Å². The molecule has 3 heteroatoms. The van der Waals surface area contributed by atoms with Gasteiger partial charge in [-0.05, 0) is 6.42 Å². The number of carbonyl (C=O) groups is 1. The zero-order chi connectivity index (χ0) is 24.1. The van der Waals surface area contributed by atoms with Gasteiger partial charge in [0, 0.05) is 6.42 Å². The second-order valence-electron chi connectivity index (χ2n) is 10.4. The van der Waals surface area contributed by atoms with Gasteiger partial charge in [-0.1, -0.05) is 174 Å². The first-order chi connectivity index (χ1) is 16.3. The summed E-state index contributed by atoms with van der Waals surface area (Å²) in [5.74, 6) is -0.505. The molecule has 0 aliphatic rings. The van der Waals surface area contributed by atoms with Gasteiger partial charge >= 0.3 is 5.97 Å². The minimum absolute atomic E-state index is 0.343. The first-order valence-corrected chi connectivity index (χ1v) is 15.2. The van der Waals surface area contributed by atoms with Crippen molar-refractivity contribution in [2.75, 3.05) is 0 Å². The van der Waals surface area contributed by atoms with Crippen molar-refractivity contribution in [3.63, 3.8) is 0 Å². The number of hydrogen-bond acceptors (Lipinski definition) is 3. The van der Waals surface area contributed by atoms with Crippen LogP contribution in [-0.4, -0.2) is 11.2 Å². The van der Waals surface area contributed by atoms with Crippen LogP contribution in [0.1, 0.15) is 187 Å². The molecule has 0 fully saturated rings. The summed E-state index contributed by atoms with van der Waals surface area (Å²) in [5.41, 5.74) is 0. The van der Waals surface area contributed by atoms with E-state index in [9.17, 15) is 4.79 Å². The van der Waals surface area contributed by atoms with E-state index in [-0.39, 0.29) is 0 Å². The molecule has 0 aliphatic carbocycles. The highest BCUT2D eigenvalue weighted by molar-refractivity contribution is 5.68. The largest absolute Gasteiger partial charge is 0.342 e. The lowest BCUT2D eigenvalue weighted by Crippen LogP contribution is -1.99. The monoisotopic (exact) mass is 468 g/mol.